The smallest absolute Gasteiger partial charge is 0.407 e. The number of sulfonamides is 1. The maximum Gasteiger partial charge on any atom is 0.407 e. The molecule has 0 radical (unpaired) electrons. The first kappa shape index (κ1) is 20.5. The van der Waals surface area contributed by atoms with E-state index in [1.54, 1.807) is 24.5 Å². The van der Waals surface area contributed by atoms with E-state index in [0.29, 0.717) is 11.6 Å². The Labute approximate surface area is 175 Å². The van der Waals surface area contributed by atoms with Crippen LogP contribution in [0.25, 0.3) is 0 Å². The summed E-state index contributed by atoms with van der Waals surface area (Å²) in [4.78, 5) is 20.7. The predicted molar refractivity (Wildman–Crippen MR) is 111 cm³/mol. The Kier molecular flexibility index (Phi) is 5.37. The lowest BCUT2D eigenvalue weighted by Gasteiger charge is -2.16. The molecule has 1 heterocycles. The third-order valence-electron chi connectivity index (χ3n) is 5.64. The van der Waals surface area contributed by atoms with Gasteiger partial charge in [-0.15, -0.1) is 0 Å². The molecular weight excluding hydrogens is 406 g/mol. The zero-order valence-corrected chi connectivity index (χ0v) is 17.5. The average Bonchev–Trinajstić information content (AvgIpc) is 3.22. The lowest BCUT2D eigenvalue weighted by Crippen LogP contribution is -2.36. The normalized spacial score (nSPS) is 22.3. The van der Waals surface area contributed by atoms with Crippen LogP contribution in [0, 0.1) is 0 Å². The Morgan fingerprint density at radius 2 is 1.83 bits per heavy atom. The molecule has 2 saturated carbocycles. The van der Waals surface area contributed by atoms with Crippen LogP contribution in [0.15, 0.2) is 41.6 Å². The molecule has 0 bridgehead atoms. The van der Waals surface area contributed by atoms with Crippen LogP contribution in [0.3, 0.4) is 0 Å². The standard InChI is InChI=1S/C20H25N5O4S/c1-20(8-9-20)25-19(26)29-16-5-2-13(10-16)14-11-22-18(23-12-14)24-15-3-6-17(7-4-15)30(21,27)28/h3-4,6-7,11-13,16H,2,5,8-10H2,1H3,(H,25,26)(H2,21,27,28)(H,22,23,24)/t13-,16-/m1/s1. The van der Waals surface area contributed by atoms with E-state index in [2.05, 4.69) is 20.6 Å². The average molecular weight is 432 g/mol. The number of amides is 1. The number of carbonyl (C=O) groups is 1. The summed E-state index contributed by atoms with van der Waals surface area (Å²) in [5.74, 6) is 0.660. The third-order valence-corrected chi connectivity index (χ3v) is 6.57. The molecule has 0 aliphatic heterocycles. The van der Waals surface area contributed by atoms with Gasteiger partial charge in [-0.2, -0.15) is 0 Å². The van der Waals surface area contributed by atoms with Crippen molar-refractivity contribution in [3.63, 3.8) is 0 Å². The molecule has 30 heavy (non-hydrogen) atoms. The van der Waals surface area contributed by atoms with Gasteiger partial charge >= 0.3 is 6.09 Å². The number of aromatic nitrogens is 2. The summed E-state index contributed by atoms with van der Waals surface area (Å²) >= 11 is 0. The number of primary sulfonamides is 1. The summed E-state index contributed by atoms with van der Waals surface area (Å²) in [6.45, 7) is 2.02. The van der Waals surface area contributed by atoms with Gasteiger partial charge in [0.2, 0.25) is 16.0 Å². The summed E-state index contributed by atoms with van der Waals surface area (Å²) in [7, 11) is -3.72. The number of nitrogens with two attached hydrogens (primary N) is 1. The van der Waals surface area contributed by atoms with Gasteiger partial charge in [0, 0.05) is 23.6 Å². The lowest BCUT2D eigenvalue weighted by atomic mass is 10.0. The topological polar surface area (TPSA) is 136 Å². The van der Waals surface area contributed by atoms with Crippen molar-refractivity contribution in [1.82, 2.24) is 15.3 Å². The first-order chi connectivity index (χ1) is 14.2. The van der Waals surface area contributed by atoms with Gasteiger partial charge < -0.3 is 15.4 Å². The fraction of sp³-hybridized carbons (Fsp3) is 0.450. The number of hydrogen-bond donors (Lipinski definition) is 3. The summed E-state index contributed by atoms with van der Waals surface area (Å²) in [5, 5.41) is 11.0. The highest BCUT2D eigenvalue weighted by atomic mass is 32.2. The number of benzene rings is 1. The van der Waals surface area contributed by atoms with E-state index in [9.17, 15) is 13.2 Å². The molecule has 2 aliphatic rings. The molecule has 4 N–H and O–H groups in total. The molecule has 2 atom stereocenters. The predicted octanol–water partition coefficient (Wildman–Crippen LogP) is 2.78. The van der Waals surface area contributed by atoms with Crippen LogP contribution < -0.4 is 15.8 Å². The zero-order valence-electron chi connectivity index (χ0n) is 16.7. The minimum Gasteiger partial charge on any atom is -0.446 e. The second-order valence-electron chi connectivity index (χ2n) is 8.26. The molecule has 2 aromatic rings. The van der Waals surface area contributed by atoms with Gasteiger partial charge in [-0.3, -0.25) is 0 Å². The van der Waals surface area contributed by atoms with Gasteiger partial charge in [0.25, 0.3) is 0 Å². The molecule has 1 amide bonds. The quantitative estimate of drug-likeness (QED) is 0.640. The van der Waals surface area contributed by atoms with Crippen molar-refractivity contribution in [3.8, 4) is 0 Å². The van der Waals surface area contributed by atoms with Crippen molar-refractivity contribution in [3.05, 3.63) is 42.2 Å². The van der Waals surface area contributed by atoms with Crippen molar-refractivity contribution in [2.45, 2.75) is 61.5 Å². The summed E-state index contributed by atoms with van der Waals surface area (Å²) < 4.78 is 28.2. The van der Waals surface area contributed by atoms with E-state index in [1.165, 1.54) is 12.1 Å². The summed E-state index contributed by atoms with van der Waals surface area (Å²) in [6, 6.07) is 6.04. The molecule has 1 aromatic carbocycles. The second-order valence-corrected chi connectivity index (χ2v) is 9.82. The number of anilines is 2. The second kappa shape index (κ2) is 7.84. The molecule has 0 saturated heterocycles. The minimum atomic E-state index is -3.72. The molecule has 2 fully saturated rings. The van der Waals surface area contributed by atoms with Gasteiger partial charge in [0.1, 0.15) is 6.10 Å². The minimum absolute atomic E-state index is 0.0437. The van der Waals surface area contributed by atoms with E-state index in [-0.39, 0.29) is 28.5 Å². The molecule has 4 rings (SSSR count). The fourth-order valence-electron chi connectivity index (χ4n) is 3.56. The number of nitrogens with zero attached hydrogens (tertiary/aromatic N) is 2. The van der Waals surface area contributed by atoms with Gasteiger partial charge in [-0.25, -0.2) is 28.3 Å². The Morgan fingerprint density at radius 1 is 1.17 bits per heavy atom. The Morgan fingerprint density at radius 3 is 2.43 bits per heavy atom. The Balaban J connectivity index is 1.31. The number of ether oxygens (including phenoxy) is 1. The molecule has 0 unspecified atom stereocenters. The Hall–Kier alpha value is -2.72. The Bertz CT molecular complexity index is 1020. The lowest BCUT2D eigenvalue weighted by molar-refractivity contribution is 0.0967. The van der Waals surface area contributed by atoms with Crippen molar-refractivity contribution in [2.24, 2.45) is 5.14 Å². The monoisotopic (exact) mass is 431 g/mol. The van der Waals surface area contributed by atoms with Gasteiger partial charge in [-0.1, -0.05) is 0 Å². The first-order valence-electron chi connectivity index (χ1n) is 9.91. The van der Waals surface area contributed by atoms with Crippen molar-refractivity contribution in [2.75, 3.05) is 5.32 Å². The van der Waals surface area contributed by atoms with Crippen LogP contribution in [0.5, 0.6) is 0 Å². The maximum absolute atomic E-state index is 12.0. The van der Waals surface area contributed by atoms with Crippen molar-refractivity contribution >= 4 is 27.8 Å². The van der Waals surface area contributed by atoms with Crippen molar-refractivity contribution < 1.29 is 17.9 Å². The van der Waals surface area contributed by atoms with Crippen LogP contribution in [-0.4, -0.2) is 36.1 Å². The van der Waals surface area contributed by atoms with E-state index in [4.69, 9.17) is 9.88 Å². The SMILES string of the molecule is CC1(NC(=O)O[C@@H]2CC[C@@H](c3cnc(Nc4ccc(S(N)(=O)=O)cc4)nc3)C2)CC1. The highest BCUT2D eigenvalue weighted by Gasteiger charge is 2.40. The molecule has 0 spiro atoms. The molecular formula is C20H25N5O4S. The number of hydrogen-bond acceptors (Lipinski definition) is 7. The molecule has 9 nitrogen and oxygen atoms in total. The van der Waals surface area contributed by atoms with Crippen LogP contribution in [-0.2, 0) is 14.8 Å². The number of alkyl carbamates (subject to hydrolysis) is 1. The van der Waals surface area contributed by atoms with Gasteiger partial charge in [0.15, 0.2) is 0 Å². The number of rotatable bonds is 6. The fourth-order valence-corrected chi connectivity index (χ4v) is 4.08. The highest BCUT2D eigenvalue weighted by molar-refractivity contribution is 7.89. The number of carbonyl (C=O) groups excluding carboxylic acids is 1. The summed E-state index contributed by atoms with van der Waals surface area (Å²) in [6.07, 6.45) is 7.63. The van der Waals surface area contributed by atoms with E-state index in [1.807, 2.05) is 6.92 Å². The molecule has 160 valence electrons. The van der Waals surface area contributed by atoms with E-state index >= 15 is 0 Å². The zero-order chi connectivity index (χ0) is 21.4. The van der Waals surface area contributed by atoms with Crippen LogP contribution >= 0.6 is 0 Å². The van der Waals surface area contributed by atoms with Gasteiger partial charge in [0.05, 0.1) is 4.90 Å². The third kappa shape index (κ3) is 5.06. The molecule has 2 aliphatic carbocycles. The summed E-state index contributed by atoms with van der Waals surface area (Å²) in [5.41, 5.74) is 1.58. The van der Waals surface area contributed by atoms with Crippen LogP contribution in [0.4, 0.5) is 16.4 Å². The number of nitrogens with one attached hydrogen (secondary N) is 2. The van der Waals surface area contributed by atoms with Crippen LogP contribution in [0.1, 0.15) is 50.5 Å². The maximum atomic E-state index is 12.0. The van der Waals surface area contributed by atoms with E-state index < -0.39 is 10.0 Å². The molecule has 10 heteroatoms. The first-order valence-corrected chi connectivity index (χ1v) is 11.5. The van der Waals surface area contributed by atoms with Gasteiger partial charge in [-0.05, 0) is 74.8 Å². The van der Waals surface area contributed by atoms with Crippen molar-refractivity contribution in [1.29, 1.82) is 0 Å². The van der Waals surface area contributed by atoms with Crippen LogP contribution in [0.2, 0.25) is 0 Å². The molecule has 1 aromatic heterocycles. The highest BCUT2D eigenvalue weighted by Crippen LogP contribution is 2.37. The van der Waals surface area contributed by atoms with E-state index in [0.717, 1.165) is 37.7 Å². The largest absolute Gasteiger partial charge is 0.446 e.